The van der Waals surface area contributed by atoms with Crippen LogP contribution in [0.25, 0.3) is 0 Å². The molecule has 0 bridgehead atoms. The lowest BCUT2D eigenvalue weighted by molar-refractivity contribution is -0.136. The summed E-state index contributed by atoms with van der Waals surface area (Å²) in [5.41, 5.74) is 0.509. The first-order valence-corrected chi connectivity index (χ1v) is 9.76. The first kappa shape index (κ1) is 17.8. The summed E-state index contributed by atoms with van der Waals surface area (Å²) in [6.07, 6.45) is 4.82. The Morgan fingerprint density at radius 3 is 2.62 bits per heavy atom. The summed E-state index contributed by atoms with van der Waals surface area (Å²) in [6.45, 7) is 2.84. The van der Waals surface area contributed by atoms with Gasteiger partial charge in [0.2, 0.25) is 5.91 Å². The molecule has 2 heterocycles. The van der Waals surface area contributed by atoms with Gasteiger partial charge < -0.3 is 19.5 Å². The van der Waals surface area contributed by atoms with Crippen molar-refractivity contribution in [2.24, 2.45) is 11.3 Å². The first-order chi connectivity index (χ1) is 12.6. The van der Waals surface area contributed by atoms with Crippen molar-refractivity contribution in [3.05, 3.63) is 29.8 Å². The largest absolute Gasteiger partial charge is 0.497 e. The zero-order chi connectivity index (χ0) is 18.2. The van der Waals surface area contributed by atoms with Crippen LogP contribution in [0.4, 0.5) is 0 Å². The number of ether oxygens (including phenoxy) is 2. The van der Waals surface area contributed by atoms with Crippen LogP contribution in [-0.2, 0) is 14.9 Å². The molecular formula is C21H29NO4. The number of fused-ring (bicyclic) bond motifs is 1. The second kappa shape index (κ2) is 6.86. The second-order valence-corrected chi connectivity index (χ2v) is 8.25. The maximum atomic E-state index is 13.7. The lowest BCUT2D eigenvalue weighted by atomic mass is 9.75. The summed E-state index contributed by atoms with van der Waals surface area (Å²) in [6, 6.07) is 8.01. The van der Waals surface area contributed by atoms with E-state index in [1.54, 1.807) is 7.11 Å². The van der Waals surface area contributed by atoms with Crippen molar-refractivity contribution in [3.63, 3.8) is 0 Å². The molecule has 3 fully saturated rings. The van der Waals surface area contributed by atoms with Crippen molar-refractivity contribution in [2.75, 3.05) is 40.0 Å². The highest BCUT2D eigenvalue weighted by Gasteiger charge is 2.53. The lowest BCUT2D eigenvalue weighted by Crippen LogP contribution is -2.46. The molecule has 5 heteroatoms. The van der Waals surface area contributed by atoms with E-state index in [1.165, 1.54) is 0 Å². The van der Waals surface area contributed by atoms with Crippen LogP contribution in [-0.4, -0.2) is 55.9 Å². The molecule has 0 unspecified atom stereocenters. The fourth-order valence-electron chi connectivity index (χ4n) is 5.28. The van der Waals surface area contributed by atoms with Crippen LogP contribution in [0.15, 0.2) is 24.3 Å². The van der Waals surface area contributed by atoms with Gasteiger partial charge in [-0.3, -0.25) is 4.79 Å². The second-order valence-electron chi connectivity index (χ2n) is 8.25. The molecule has 1 aliphatic carbocycles. The molecule has 1 amide bonds. The molecule has 0 spiro atoms. The van der Waals surface area contributed by atoms with Gasteiger partial charge >= 0.3 is 0 Å². The SMILES string of the molecule is COc1ccc(C2(C(=O)N3C[C@@H]4COCC[C@]4(CO)C3)CCCC2)cc1. The smallest absolute Gasteiger partial charge is 0.233 e. The van der Waals surface area contributed by atoms with Crippen molar-refractivity contribution >= 4 is 5.91 Å². The minimum Gasteiger partial charge on any atom is -0.497 e. The first-order valence-electron chi connectivity index (χ1n) is 9.76. The Morgan fingerprint density at radius 1 is 1.27 bits per heavy atom. The summed E-state index contributed by atoms with van der Waals surface area (Å²) in [7, 11) is 1.66. The molecule has 1 N–H and O–H groups in total. The minimum absolute atomic E-state index is 0.139. The number of benzene rings is 1. The maximum absolute atomic E-state index is 13.7. The monoisotopic (exact) mass is 359 g/mol. The van der Waals surface area contributed by atoms with Crippen molar-refractivity contribution in [1.82, 2.24) is 4.90 Å². The van der Waals surface area contributed by atoms with E-state index in [4.69, 9.17) is 9.47 Å². The van der Waals surface area contributed by atoms with Crippen LogP contribution in [0.3, 0.4) is 0 Å². The summed E-state index contributed by atoms with van der Waals surface area (Å²) in [4.78, 5) is 15.7. The molecule has 0 aromatic heterocycles. The van der Waals surface area contributed by atoms with Gasteiger partial charge in [-0.25, -0.2) is 0 Å². The molecule has 5 nitrogen and oxygen atoms in total. The number of carbonyl (C=O) groups excluding carboxylic acids is 1. The minimum atomic E-state index is -0.419. The maximum Gasteiger partial charge on any atom is 0.233 e. The Labute approximate surface area is 155 Å². The van der Waals surface area contributed by atoms with E-state index >= 15 is 0 Å². The number of aliphatic hydroxyl groups is 1. The number of nitrogens with zero attached hydrogens (tertiary/aromatic N) is 1. The fraction of sp³-hybridized carbons (Fsp3) is 0.667. The van der Waals surface area contributed by atoms with E-state index in [9.17, 15) is 9.90 Å². The molecule has 1 aromatic rings. The standard InChI is InChI=1S/C21H29NO4/c1-25-18-6-4-16(5-7-18)21(8-2-3-9-21)19(24)22-12-17-13-26-11-10-20(17,14-22)15-23/h4-7,17,23H,2-3,8-15H2,1H3/t17-,20-/m1/s1. The van der Waals surface area contributed by atoms with Crippen LogP contribution < -0.4 is 4.74 Å². The Balaban J connectivity index is 1.62. The zero-order valence-electron chi connectivity index (χ0n) is 15.6. The Hall–Kier alpha value is -1.59. The van der Waals surface area contributed by atoms with Gasteiger partial charge in [0, 0.05) is 31.0 Å². The molecule has 3 aliphatic rings. The predicted octanol–water partition coefficient (Wildman–Crippen LogP) is 2.36. The zero-order valence-corrected chi connectivity index (χ0v) is 15.6. The van der Waals surface area contributed by atoms with E-state index in [0.717, 1.165) is 43.4 Å². The molecule has 142 valence electrons. The van der Waals surface area contributed by atoms with E-state index in [2.05, 4.69) is 12.1 Å². The third kappa shape index (κ3) is 2.72. The average Bonchev–Trinajstić information content (AvgIpc) is 3.33. The van der Waals surface area contributed by atoms with Gasteiger partial charge in [0.25, 0.3) is 0 Å². The van der Waals surface area contributed by atoms with Crippen LogP contribution in [0.5, 0.6) is 5.75 Å². The fourth-order valence-corrected chi connectivity index (χ4v) is 5.28. The van der Waals surface area contributed by atoms with Gasteiger partial charge in [-0.15, -0.1) is 0 Å². The quantitative estimate of drug-likeness (QED) is 0.897. The van der Waals surface area contributed by atoms with E-state index in [0.29, 0.717) is 26.3 Å². The third-order valence-corrected chi connectivity index (χ3v) is 6.99. The van der Waals surface area contributed by atoms with E-state index in [1.807, 2.05) is 17.0 Å². The topological polar surface area (TPSA) is 59.0 Å². The lowest BCUT2D eigenvalue weighted by Gasteiger charge is -2.37. The number of hydrogen-bond donors (Lipinski definition) is 1. The third-order valence-electron chi connectivity index (χ3n) is 6.99. The van der Waals surface area contributed by atoms with Crippen LogP contribution in [0.2, 0.25) is 0 Å². The summed E-state index contributed by atoms with van der Waals surface area (Å²) in [5.74, 6) is 1.31. The Kier molecular flexibility index (Phi) is 4.70. The van der Waals surface area contributed by atoms with Crippen LogP contribution in [0.1, 0.15) is 37.7 Å². The van der Waals surface area contributed by atoms with E-state index < -0.39 is 5.41 Å². The number of carbonyl (C=O) groups is 1. The molecule has 1 saturated carbocycles. The van der Waals surface area contributed by atoms with Crippen LogP contribution >= 0.6 is 0 Å². The highest BCUT2D eigenvalue weighted by atomic mass is 16.5. The number of amides is 1. The van der Waals surface area contributed by atoms with Gasteiger partial charge in [-0.2, -0.15) is 0 Å². The van der Waals surface area contributed by atoms with Crippen molar-refractivity contribution in [3.8, 4) is 5.75 Å². The van der Waals surface area contributed by atoms with Crippen molar-refractivity contribution < 1.29 is 19.4 Å². The molecule has 2 saturated heterocycles. The van der Waals surface area contributed by atoms with Crippen LogP contribution in [0, 0.1) is 11.3 Å². The molecule has 2 aliphatic heterocycles. The number of methoxy groups -OCH3 is 1. The molecule has 4 rings (SSSR count). The van der Waals surface area contributed by atoms with Crippen molar-refractivity contribution in [1.29, 1.82) is 0 Å². The number of aliphatic hydroxyl groups excluding tert-OH is 1. The number of rotatable bonds is 4. The molecular weight excluding hydrogens is 330 g/mol. The Morgan fingerprint density at radius 2 is 2.00 bits per heavy atom. The number of hydrogen-bond acceptors (Lipinski definition) is 4. The van der Waals surface area contributed by atoms with Gasteiger partial charge in [-0.05, 0) is 37.0 Å². The van der Waals surface area contributed by atoms with Gasteiger partial charge in [0.15, 0.2) is 0 Å². The highest BCUT2D eigenvalue weighted by molar-refractivity contribution is 5.89. The highest BCUT2D eigenvalue weighted by Crippen LogP contribution is 2.47. The normalized spacial score (nSPS) is 30.2. The molecule has 0 radical (unpaired) electrons. The van der Waals surface area contributed by atoms with Gasteiger partial charge in [0.05, 0.1) is 25.7 Å². The van der Waals surface area contributed by atoms with Gasteiger partial charge in [0.1, 0.15) is 5.75 Å². The molecule has 2 atom stereocenters. The van der Waals surface area contributed by atoms with E-state index in [-0.39, 0.29) is 23.8 Å². The predicted molar refractivity (Wildman–Crippen MR) is 98.2 cm³/mol. The summed E-state index contributed by atoms with van der Waals surface area (Å²) in [5, 5.41) is 10.0. The van der Waals surface area contributed by atoms with Gasteiger partial charge in [-0.1, -0.05) is 25.0 Å². The Bertz CT molecular complexity index is 652. The molecule has 1 aromatic carbocycles. The summed E-state index contributed by atoms with van der Waals surface area (Å²) >= 11 is 0. The summed E-state index contributed by atoms with van der Waals surface area (Å²) < 4.78 is 10.9. The van der Waals surface area contributed by atoms with Crippen molar-refractivity contribution in [2.45, 2.75) is 37.5 Å². The number of likely N-dealkylation sites (tertiary alicyclic amines) is 1. The average molecular weight is 359 g/mol. The molecule has 26 heavy (non-hydrogen) atoms.